The molecular formula is C20H19N3S. The van der Waals surface area contributed by atoms with Crippen LogP contribution in [-0.2, 0) is 6.54 Å². The Kier molecular flexibility index (Phi) is 3.71. The van der Waals surface area contributed by atoms with E-state index in [1.54, 1.807) is 11.3 Å². The van der Waals surface area contributed by atoms with Gasteiger partial charge in [-0.15, -0.1) is 11.3 Å². The number of imidazole rings is 1. The third-order valence-corrected chi connectivity index (χ3v) is 5.33. The third kappa shape index (κ3) is 2.35. The van der Waals surface area contributed by atoms with E-state index in [-0.39, 0.29) is 0 Å². The summed E-state index contributed by atoms with van der Waals surface area (Å²) in [6.45, 7) is 4.72. The van der Waals surface area contributed by atoms with Gasteiger partial charge < -0.3 is 5.73 Å². The summed E-state index contributed by atoms with van der Waals surface area (Å²) in [5.74, 6) is 0. The van der Waals surface area contributed by atoms with Crippen molar-refractivity contribution < 1.29 is 0 Å². The van der Waals surface area contributed by atoms with Crippen molar-refractivity contribution in [2.75, 3.05) is 0 Å². The Hall–Kier alpha value is -2.43. The SMILES string of the molecule is Cc1ccc(-c2nc3scc(-c4ccccc4)n3c2CN)cc1C. The van der Waals surface area contributed by atoms with Gasteiger partial charge in [-0.3, -0.25) is 4.40 Å². The maximum Gasteiger partial charge on any atom is 0.195 e. The van der Waals surface area contributed by atoms with E-state index in [9.17, 15) is 0 Å². The molecule has 2 aromatic heterocycles. The van der Waals surface area contributed by atoms with E-state index in [4.69, 9.17) is 10.7 Å². The van der Waals surface area contributed by atoms with Gasteiger partial charge in [0.25, 0.3) is 0 Å². The minimum Gasteiger partial charge on any atom is -0.325 e. The minimum absolute atomic E-state index is 0.458. The highest BCUT2D eigenvalue weighted by atomic mass is 32.1. The zero-order valence-electron chi connectivity index (χ0n) is 13.8. The van der Waals surface area contributed by atoms with Gasteiger partial charge in [-0.2, -0.15) is 0 Å². The van der Waals surface area contributed by atoms with Crippen molar-refractivity contribution in [3.8, 4) is 22.5 Å². The van der Waals surface area contributed by atoms with Gasteiger partial charge in [-0.05, 0) is 36.6 Å². The van der Waals surface area contributed by atoms with E-state index in [0.29, 0.717) is 6.54 Å². The minimum atomic E-state index is 0.458. The fourth-order valence-corrected chi connectivity index (χ4v) is 3.95. The van der Waals surface area contributed by atoms with Crippen molar-refractivity contribution in [2.24, 2.45) is 5.73 Å². The summed E-state index contributed by atoms with van der Waals surface area (Å²) in [6, 6.07) is 16.9. The molecule has 120 valence electrons. The van der Waals surface area contributed by atoms with Gasteiger partial charge in [0.05, 0.1) is 17.1 Å². The van der Waals surface area contributed by atoms with Gasteiger partial charge in [0.1, 0.15) is 0 Å². The number of hydrogen-bond acceptors (Lipinski definition) is 3. The van der Waals surface area contributed by atoms with Crippen LogP contribution < -0.4 is 5.73 Å². The summed E-state index contributed by atoms with van der Waals surface area (Å²) in [6.07, 6.45) is 0. The molecule has 4 heteroatoms. The molecule has 0 atom stereocenters. The number of benzene rings is 2. The van der Waals surface area contributed by atoms with Crippen LogP contribution in [-0.4, -0.2) is 9.38 Å². The number of hydrogen-bond donors (Lipinski definition) is 1. The van der Waals surface area contributed by atoms with Gasteiger partial charge in [0.15, 0.2) is 4.96 Å². The Balaban J connectivity index is 1.95. The van der Waals surface area contributed by atoms with E-state index < -0.39 is 0 Å². The molecule has 4 aromatic rings. The van der Waals surface area contributed by atoms with Crippen molar-refractivity contribution in [3.63, 3.8) is 0 Å². The third-order valence-electron chi connectivity index (χ3n) is 4.50. The summed E-state index contributed by atoms with van der Waals surface area (Å²) in [7, 11) is 0. The quantitative estimate of drug-likeness (QED) is 0.585. The van der Waals surface area contributed by atoms with Crippen LogP contribution in [0.2, 0.25) is 0 Å². The number of nitrogens with two attached hydrogens (primary N) is 1. The summed E-state index contributed by atoms with van der Waals surface area (Å²) < 4.78 is 2.20. The lowest BCUT2D eigenvalue weighted by atomic mass is 10.0. The maximum atomic E-state index is 6.12. The Morgan fingerprint density at radius 2 is 1.79 bits per heavy atom. The van der Waals surface area contributed by atoms with Gasteiger partial charge in [-0.25, -0.2) is 4.98 Å². The van der Waals surface area contributed by atoms with Gasteiger partial charge in [0.2, 0.25) is 0 Å². The van der Waals surface area contributed by atoms with Gasteiger partial charge in [0, 0.05) is 17.5 Å². The van der Waals surface area contributed by atoms with Gasteiger partial charge >= 0.3 is 0 Å². The predicted molar refractivity (Wildman–Crippen MR) is 101 cm³/mol. The molecule has 2 heterocycles. The van der Waals surface area contributed by atoms with Crippen molar-refractivity contribution in [1.82, 2.24) is 9.38 Å². The second-order valence-corrected chi connectivity index (χ2v) is 6.85. The van der Waals surface area contributed by atoms with E-state index >= 15 is 0 Å². The molecular weight excluding hydrogens is 314 g/mol. The molecule has 3 nitrogen and oxygen atoms in total. The van der Waals surface area contributed by atoms with Crippen molar-refractivity contribution >= 4 is 16.3 Å². The zero-order valence-corrected chi connectivity index (χ0v) is 14.6. The number of aryl methyl sites for hydroxylation is 2. The highest BCUT2D eigenvalue weighted by Crippen LogP contribution is 2.33. The lowest BCUT2D eigenvalue weighted by Crippen LogP contribution is -2.03. The Labute approximate surface area is 145 Å². The Morgan fingerprint density at radius 1 is 1.00 bits per heavy atom. The van der Waals surface area contributed by atoms with Crippen LogP contribution in [0.25, 0.3) is 27.5 Å². The first kappa shape index (κ1) is 15.1. The fourth-order valence-electron chi connectivity index (χ4n) is 3.03. The van der Waals surface area contributed by atoms with Crippen LogP contribution >= 0.6 is 11.3 Å². The smallest absolute Gasteiger partial charge is 0.195 e. The molecule has 0 fully saturated rings. The van der Waals surface area contributed by atoms with Crippen molar-refractivity contribution in [1.29, 1.82) is 0 Å². The topological polar surface area (TPSA) is 43.3 Å². The molecule has 0 saturated heterocycles. The molecule has 24 heavy (non-hydrogen) atoms. The summed E-state index contributed by atoms with van der Waals surface area (Å²) >= 11 is 1.66. The first-order valence-electron chi connectivity index (χ1n) is 8.01. The maximum absolute atomic E-state index is 6.12. The second kappa shape index (κ2) is 5.89. The highest BCUT2D eigenvalue weighted by Gasteiger charge is 2.18. The monoisotopic (exact) mass is 333 g/mol. The van der Waals surface area contributed by atoms with Crippen LogP contribution in [0.5, 0.6) is 0 Å². The molecule has 0 unspecified atom stereocenters. The Bertz CT molecular complexity index is 1010. The van der Waals surface area contributed by atoms with Crippen LogP contribution in [0.4, 0.5) is 0 Å². The molecule has 0 bridgehead atoms. The number of rotatable bonds is 3. The highest BCUT2D eigenvalue weighted by molar-refractivity contribution is 7.15. The summed E-state index contributed by atoms with van der Waals surface area (Å²) in [5.41, 5.74) is 14.2. The molecule has 0 aliphatic carbocycles. The van der Waals surface area contributed by atoms with E-state index in [1.807, 2.05) is 6.07 Å². The molecule has 0 amide bonds. The predicted octanol–water partition coefficient (Wildman–Crippen LogP) is 4.81. The molecule has 0 aliphatic heterocycles. The van der Waals surface area contributed by atoms with Crippen LogP contribution in [0.3, 0.4) is 0 Å². The van der Waals surface area contributed by atoms with Crippen molar-refractivity contribution in [3.05, 3.63) is 70.7 Å². The molecule has 0 radical (unpaired) electrons. The second-order valence-electron chi connectivity index (χ2n) is 6.02. The summed E-state index contributed by atoms with van der Waals surface area (Å²) in [4.78, 5) is 5.86. The molecule has 4 rings (SSSR count). The average molecular weight is 333 g/mol. The van der Waals surface area contributed by atoms with E-state index in [1.165, 1.54) is 16.7 Å². The molecule has 0 spiro atoms. The van der Waals surface area contributed by atoms with Gasteiger partial charge in [-0.1, -0.05) is 42.5 Å². The number of fused-ring (bicyclic) bond motifs is 1. The molecule has 0 saturated carbocycles. The zero-order chi connectivity index (χ0) is 16.7. The number of nitrogens with zero attached hydrogens (tertiary/aromatic N) is 2. The standard InChI is InChI=1S/C20H19N3S/c1-13-8-9-16(10-14(13)2)19-17(11-21)23-18(12-24-20(23)22-19)15-6-4-3-5-7-15/h3-10,12H,11,21H2,1-2H3. The summed E-state index contributed by atoms with van der Waals surface area (Å²) in [5, 5.41) is 2.15. The lowest BCUT2D eigenvalue weighted by molar-refractivity contribution is 0.973. The Morgan fingerprint density at radius 3 is 2.50 bits per heavy atom. The first-order valence-corrected chi connectivity index (χ1v) is 8.89. The molecule has 2 N–H and O–H groups in total. The first-order chi connectivity index (χ1) is 11.7. The van der Waals surface area contributed by atoms with E-state index in [0.717, 1.165) is 27.6 Å². The average Bonchev–Trinajstić information content (AvgIpc) is 3.17. The van der Waals surface area contributed by atoms with Crippen LogP contribution in [0.1, 0.15) is 16.8 Å². The van der Waals surface area contributed by atoms with Crippen LogP contribution in [0, 0.1) is 13.8 Å². The van der Waals surface area contributed by atoms with Crippen LogP contribution in [0.15, 0.2) is 53.9 Å². The molecule has 2 aromatic carbocycles. The normalized spacial score (nSPS) is 11.3. The largest absolute Gasteiger partial charge is 0.325 e. The number of aromatic nitrogens is 2. The molecule has 0 aliphatic rings. The fraction of sp³-hybridized carbons (Fsp3) is 0.150. The van der Waals surface area contributed by atoms with E-state index in [2.05, 4.69) is 66.1 Å². The van der Waals surface area contributed by atoms with Crippen molar-refractivity contribution in [2.45, 2.75) is 20.4 Å². The lowest BCUT2D eigenvalue weighted by Gasteiger charge is -2.07. The number of thiazole rings is 1.